The summed E-state index contributed by atoms with van der Waals surface area (Å²) in [6.45, 7) is 0.355. The molecule has 1 aliphatic heterocycles. The molecule has 1 saturated heterocycles. The average Bonchev–Trinajstić information content (AvgIpc) is 2.82. The SMILES string of the molecule is O=C1NC(=O)N(c2ccc(OCc3ccccc3)cc2)C(=O)/C1=C/c1cccc([N+](=O)[O-])c1. The third-order valence-corrected chi connectivity index (χ3v) is 4.84. The van der Waals surface area contributed by atoms with Crippen LogP contribution in [-0.4, -0.2) is 22.8 Å². The quantitative estimate of drug-likeness (QED) is 0.268. The molecule has 33 heavy (non-hydrogen) atoms. The van der Waals surface area contributed by atoms with Crippen molar-refractivity contribution in [1.29, 1.82) is 0 Å². The van der Waals surface area contributed by atoms with E-state index in [9.17, 15) is 24.5 Å². The van der Waals surface area contributed by atoms with Gasteiger partial charge in [0.15, 0.2) is 0 Å². The van der Waals surface area contributed by atoms with Crippen molar-refractivity contribution in [3.05, 3.63) is 106 Å². The summed E-state index contributed by atoms with van der Waals surface area (Å²) in [6.07, 6.45) is 1.21. The molecule has 4 rings (SSSR count). The Kier molecular flexibility index (Phi) is 5.94. The molecule has 0 aliphatic carbocycles. The minimum absolute atomic E-state index is 0.188. The summed E-state index contributed by atoms with van der Waals surface area (Å²) in [5.74, 6) is -1.18. The Bertz CT molecular complexity index is 1270. The number of rotatable bonds is 6. The zero-order valence-corrected chi connectivity index (χ0v) is 17.1. The summed E-state index contributed by atoms with van der Waals surface area (Å²) in [6, 6.07) is 20.4. The zero-order chi connectivity index (χ0) is 23.4. The Hall–Kier alpha value is -4.79. The maximum Gasteiger partial charge on any atom is 0.335 e. The van der Waals surface area contributed by atoms with Crippen molar-refractivity contribution in [1.82, 2.24) is 5.32 Å². The van der Waals surface area contributed by atoms with Gasteiger partial charge in [-0.05, 0) is 41.5 Å². The first-order chi connectivity index (χ1) is 15.9. The zero-order valence-electron chi connectivity index (χ0n) is 17.1. The van der Waals surface area contributed by atoms with Gasteiger partial charge < -0.3 is 4.74 Å². The molecule has 1 N–H and O–H groups in total. The van der Waals surface area contributed by atoms with Crippen molar-refractivity contribution < 1.29 is 24.0 Å². The molecule has 0 radical (unpaired) electrons. The molecule has 0 spiro atoms. The summed E-state index contributed by atoms with van der Waals surface area (Å²) in [7, 11) is 0. The van der Waals surface area contributed by atoms with E-state index >= 15 is 0 Å². The Morgan fingerprint density at radius 3 is 2.36 bits per heavy atom. The van der Waals surface area contributed by atoms with Crippen molar-refractivity contribution >= 4 is 35.3 Å². The molecule has 3 aromatic carbocycles. The van der Waals surface area contributed by atoms with Gasteiger partial charge in [-0.15, -0.1) is 0 Å². The number of ether oxygens (including phenoxy) is 1. The minimum atomic E-state index is -0.890. The second kappa shape index (κ2) is 9.15. The number of hydrogen-bond donors (Lipinski definition) is 1. The second-order valence-electron chi connectivity index (χ2n) is 7.08. The van der Waals surface area contributed by atoms with E-state index in [1.807, 2.05) is 30.3 Å². The molecule has 1 fully saturated rings. The highest BCUT2D eigenvalue weighted by Crippen LogP contribution is 2.25. The van der Waals surface area contributed by atoms with Crippen LogP contribution in [0.3, 0.4) is 0 Å². The van der Waals surface area contributed by atoms with Gasteiger partial charge in [0, 0.05) is 12.1 Å². The monoisotopic (exact) mass is 443 g/mol. The van der Waals surface area contributed by atoms with Crippen LogP contribution in [0.1, 0.15) is 11.1 Å². The summed E-state index contributed by atoms with van der Waals surface area (Å²) >= 11 is 0. The average molecular weight is 443 g/mol. The summed E-state index contributed by atoms with van der Waals surface area (Å²) in [5.41, 5.74) is 0.997. The van der Waals surface area contributed by atoms with Gasteiger partial charge in [-0.25, -0.2) is 9.69 Å². The fourth-order valence-corrected chi connectivity index (χ4v) is 3.22. The molecule has 0 unspecified atom stereocenters. The van der Waals surface area contributed by atoms with Crippen molar-refractivity contribution in [2.75, 3.05) is 4.90 Å². The van der Waals surface area contributed by atoms with Gasteiger partial charge in [-0.1, -0.05) is 42.5 Å². The number of nitrogens with zero attached hydrogens (tertiary/aromatic N) is 2. The Labute approximate surface area is 188 Å². The number of nitrogens with one attached hydrogen (secondary N) is 1. The molecule has 3 aromatic rings. The van der Waals surface area contributed by atoms with Crippen LogP contribution < -0.4 is 15.0 Å². The van der Waals surface area contributed by atoms with Crippen LogP contribution in [0, 0.1) is 10.1 Å². The highest BCUT2D eigenvalue weighted by molar-refractivity contribution is 6.39. The van der Waals surface area contributed by atoms with Gasteiger partial charge in [0.05, 0.1) is 10.6 Å². The van der Waals surface area contributed by atoms with Crippen LogP contribution in [0.25, 0.3) is 6.08 Å². The topological polar surface area (TPSA) is 119 Å². The smallest absolute Gasteiger partial charge is 0.335 e. The molecule has 0 bridgehead atoms. The number of nitro groups is 1. The van der Waals surface area contributed by atoms with Gasteiger partial charge in [-0.3, -0.25) is 25.0 Å². The molecule has 1 aliphatic rings. The van der Waals surface area contributed by atoms with Crippen molar-refractivity contribution in [3.63, 3.8) is 0 Å². The first-order valence-corrected chi connectivity index (χ1v) is 9.85. The van der Waals surface area contributed by atoms with E-state index in [1.165, 1.54) is 42.5 Å². The number of urea groups is 1. The molecule has 9 heteroatoms. The summed E-state index contributed by atoms with van der Waals surface area (Å²) < 4.78 is 5.71. The number of nitro benzene ring substituents is 1. The van der Waals surface area contributed by atoms with Gasteiger partial charge >= 0.3 is 6.03 Å². The Morgan fingerprint density at radius 1 is 0.939 bits per heavy atom. The summed E-state index contributed by atoms with van der Waals surface area (Å²) in [5, 5.41) is 13.1. The maximum atomic E-state index is 13.0. The standard InChI is InChI=1S/C24H17N3O6/c28-22-21(14-17-7-4-8-19(13-17)27(31)32)23(29)26(24(30)25-22)18-9-11-20(12-10-18)33-15-16-5-2-1-3-6-16/h1-14H,15H2,(H,25,28,30)/b21-14+. The first-order valence-electron chi connectivity index (χ1n) is 9.85. The molecule has 1 heterocycles. The number of carbonyl (C=O) groups excluding carboxylic acids is 3. The fourth-order valence-electron chi connectivity index (χ4n) is 3.22. The van der Waals surface area contributed by atoms with Gasteiger partial charge in [0.25, 0.3) is 17.5 Å². The molecule has 4 amide bonds. The molecule has 0 aromatic heterocycles. The van der Waals surface area contributed by atoms with Gasteiger partial charge in [0.1, 0.15) is 17.9 Å². The number of imide groups is 2. The minimum Gasteiger partial charge on any atom is -0.489 e. The number of non-ortho nitro benzene ring substituents is 1. The molecular formula is C24H17N3O6. The number of anilines is 1. The van der Waals surface area contributed by atoms with E-state index in [0.717, 1.165) is 10.5 Å². The number of barbiturate groups is 1. The largest absolute Gasteiger partial charge is 0.489 e. The highest BCUT2D eigenvalue weighted by atomic mass is 16.6. The number of hydrogen-bond acceptors (Lipinski definition) is 6. The van der Waals surface area contributed by atoms with Crippen LogP contribution in [0.2, 0.25) is 0 Å². The second-order valence-corrected chi connectivity index (χ2v) is 7.08. The van der Waals surface area contributed by atoms with Crippen molar-refractivity contribution in [3.8, 4) is 5.75 Å². The third kappa shape index (κ3) is 4.77. The normalized spacial score (nSPS) is 14.8. The van der Waals surface area contributed by atoms with E-state index in [0.29, 0.717) is 12.4 Å². The van der Waals surface area contributed by atoms with E-state index in [4.69, 9.17) is 4.74 Å². The van der Waals surface area contributed by atoms with Crippen molar-refractivity contribution in [2.24, 2.45) is 0 Å². The van der Waals surface area contributed by atoms with E-state index in [1.54, 1.807) is 12.1 Å². The number of carbonyl (C=O) groups is 3. The van der Waals surface area contributed by atoms with Crippen LogP contribution in [-0.2, 0) is 16.2 Å². The highest BCUT2D eigenvalue weighted by Gasteiger charge is 2.36. The Morgan fingerprint density at radius 2 is 1.67 bits per heavy atom. The summed E-state index contributed by atoms with van der Waals surface area (Å²) in [4.78, 5) is 48.9. The van der Waals surface area contributed by atoms with Crippen LogP contribution in [0.15, 0.2) is 84.4 Å². The Balaban J connectivity index is 1.55. The van der Waals surface area contributed by atoms with Crippen LogP contribution >= 0.6 is 0 Å². The molecule has 0 atom stereocenters. The molecule has 0 saturated carbocycles. The lowest BCUT2D eigenvalue weighted by Gasteiger charge is -2.26. The van der Waals surface area contributed by atoms with E-state index < -0.39 is 22.8 Å². The number of benzene rings is 3. The molecular weight excluding hydrogens is 426 g/mol. The first kappa shape index (κ1) is 21.4. The third-order valence-electron chi connectivity index (χ3n) is 4.84. The van der Waals surface area contributed by atoms with E-state index in [-0.39, 0.29) is 22.5 Å². The van der Waals surface area contributed by atoms with Crippen molar-refractivity contribution in [2.45, 2.75) is 6.61 Å². The maximum absolute atomic E-state index is 13.0. The lowest BCUT2D eigenvalue weighted by molar-refractivity contribution is -0.384. The van der Waals surface area contributed by atoms with Crippen LogP contribution in [0.4, 0.5) is 16.2 Å². The number of amides is 4. The predicted octanol–water partition coefficient (Wildman–Crippen LogP) is 3.84. The van der Waals surface area contributed by atoms with E-state index in [2.05, 4.69) is 5.32 Å². The van der Waals surface area contributed by atoms with Crippen LogP contribution in [0.5, 0.6) is 5.75 Å². The lowest BCUT2D eigenvalue weighted by Crippen LogP contribution is -2.54. The molecule has 9 nitrogen and oxygen atoms in total. The lowest BCUT2D eigenvalue weighted by atomic mass is 10.1. The van der Waals surface area contributed by atoms with Gasteiger partial charge in [0.2, 0.25) is 0 Å². The van der Waals surface area contributed by atoms with Gasteiger partial charge in [-0.2, -0.15) is 0 Å². The molecule has 164 valence electrons. The fraction of sp³-hybridized carbons (Fsp3) is 0.0417. The predicted molar refractivity (Wildman–Crippen MR) is 119 cm³/mol.